The molecule has 3 aromatic rings. The van der Waals surface area contributed by atoms with Gasteiger partial charge in [0.1, 0.15) is 0 Å². The number of carbonyl (C=O) groups is 1. The topological polar surface area (TPSA) is 71.6 Å². The number of aliphatic carboxylic acids is 1. The number of fused-ring (bicyclic) bond motifs is 1. The molecule has 0 bridgehead atoms. The summed E-state index contributed by atoms with van der Waals surface area (Å²) in [6, 6.07) is 9.69. The maximum Gasteiger partial charge on any atom is 0.307 e. The van der Waals surface area contributed by atoms with Gasteiger partial charge < -0.3 is 19.6 Å². The van der Waals surface area contributed by atoms with Crippen molar-refractivity contribution in [1.82, 2.24) is 4.98 Å². The number of aryl methyl sites for hydroxylation is 2. The van der Waals surface area contributed by atoms with Gasteiger partial charge in [-0.3, -0.25) is 4.79 Å². The highest BCUT2D eigenvalue weighted by Crippen LogP contribution is 2.41. The molecule has 0 unspecified atom stereocenters. The number of ether oxygens (including phenoxy) is 2. The Labute approximate surface area is 146 Å². The van der Waals surface area contributed by atoms with Crippen molar-refractivity contribution >= 4 is 16.9 Å². The largest absolute Gasteiger partial charge is 0.493 e. The highest BCUT2D eigenvalue weighted by Gasteiger charge is 2.21. The number of benzene rings is 2. The monoisotopic (exact) mass is 339 g/mol. The first-order valence-corrected chi connectivity index (χ1v) is 8.01. The van der Waals surface area contributed by atoms with Crippen LogP contribution < -0.4 is 9.47 Å². The molecule has 130 valence electrons. The molecular weight excluding hydrogens is 318 g/mol. The first-order valence-electron chi connectivity index (χ1n) is 8.01. The predicted molar refractivity (Wildman–Crippen MR) is 97.7 cm³/mol. The van der Waals surface area contributed by atoms with Crippen molar-refractivity contribution in [1.29, 1.82) is 0 Å². The average molecular weight is 339 g/mol. The van der Waals surface area contributed by atoms with E-state index in [4.69, 9.17) is 9.47 Å². The fraction of sp³-hybridized carbons (Fsp3) is 0.250. The summed E-state index contributed by atoms with van der Waals surface area (Å²) >= 11 is 0. The minimum atomic E-state index is -0.872. The number of carboxylic acid groups (broad SMARTS) is 1. The van der Waals surface area contributed by atoms with Crippen molar-refractivity contribution in [2.24, 2.45) is 0 Å². The van der Waals surface area contributed by atoms with Crippen LogP contribution in [0.4, 0.5) is 0 Å². The molecule has 2 N–H and O–H groups in total. The van der Waals surface area contributed by atoms with E-state index in [0.29, 0.717) is 11.5 Å². The van der Waals surface area contributed by atoms with E-state index < -0.39 is 5.97 Å². The Balaban J connectivity index is 2.37. The third-order valence-corrected chi connectivity index (χ3v) is 4.36. The number of hydrogen-bond acceptors (Lipinski definition) is 3. The van der Waals surface area contributed by atoms with Gasteiger partial charge >= 0.3 is 5.97 Å². The Morgan fingerprint density at radius 2 is 1.92 bits per heavy atom. The van der Waals surface area contributed by atoms with Crippen LogP contribution in [0.15, 0.2) is 30.3 Å². The standard InChI is InChI=1S/C20H21NO4/c1-11-8-12(2)18-14(9-11)15(10-17(22)23)19(21-18)13-6-5-7-16(24-3)20(13)25-4/h5-9,21H,10H2,1-4H3,(H,22,23). The lowest BCUT2D eigenvalue weighted by Crippen LogP contribution is -2.02. The number of hydrogen-bond donors (Lipinski definition) is 2. The molecule has 0 aliphatic carbocycles. The van der Waals surface area contributed by atoms with E-state index in [1.807, 2.05) is 38.1 Å². The van der Waals surface area contributed by atoms with Gasteiger partial charge in [0.2, 0.25) is 0 Å². The number of H-pyrrole nitrogens is 1. The Hall–Kier alpha value is -2.95. The molecule has 0 saturated carbocycles. The second-order valence-corrected chi connectivity index (χ2v) is 6.09. The SMILES string of the molecule is COc1cccc(-c2[nH]c3c(C)cc(C)cc3c2CC(=O)O)c1OC. The number of aromatic nitrogens is 1. The van der Waals surface area contributed by atoms with Gasteiger partial charge in [-0.15, -0.1) is 0 Å². The van der Waals surface area contributed by atoms with Crippen LogP contribution in [0.2, 0.25) is 0 Å². The van der Waals surface area contributed by atoms with Crippen molar-refractivity contribution in [2.75, 3.05) is 14.2 Å². The summed E-state index contributed by atoms with van der Waals surface area (Å²) in [5.74, 6) is 0.313. The number of carboxylic acids is 1. The lowest BCUT2D eigenvalue weighted by Gasteiger charge is -2.13. The summed E-state index contributed by atoms with van der Waals surface area (Å²) in [5.41, 5.74) is 5.41. The molecule has 25 heavy (non-hydrogen) atoms. The van der Waals surface area contributed by atoms with Crippen LogP contribution >= 0.6 is 0 Å². The lowest BCUT2D eigenvalue weighted by atomic mass is 9.99. The van der Waals surface area contributed by atoms with Crippen LogP contribution in [-0.2, 0) is 11.2 Å². The first kappa shape index (κ1) is 16.9. The smallest absolute Gasteiger partial charge is 0.307 e. The highest BCUT2D eigenvalue weighted by atomic mass is 16.5. The van der Waals surface area contributed by atoms with Crippen LogP contribution in [0.25, 0.3) is 22.2 Å². The van der Waals surface area contributed by atoms with Gasteiger partial charge in [-0.05, 0) is 43.2 Å². The first-order chi connectivity index (χ1) is 12.0. The van der Waals surface area contributed by atoms with E-state index in [9.17, 15) is 9.90 Å². The van der Waals surface area contributed by atoms with Crippen molar-refractivity contribution in [3.8, 4) is 22.8 Å². The maximum atomic E-state index is 11.5. The minimum Gasteiger partial charge on any atom is -0.493 e. The van der Waals surface area contributed by atoms with Crippen LogP contribution in [0, 0.1) is 13.8 Å². The molecule has 0 fully saturated rings. The van der Waals surface area contributed by atoms with Crippen molar-refractivity contribution in [3.63, 3.8) is 0 Å². The summed E-state index contributed by atoms with van der Waals surface area (Å²) < 4.78 is 10.9. The van der Waals surface area contributed by atoms with E-state index in [-0.39, 0.29) is 6.42 Å². The van der Waals surface area contributed by atoms with Crippen molar-refractivity contribution in [2.45, 2.75) is 20.3 Å². The Kier molecular flexibility index (Phi) is 4.40. The molecule has 0 amide bonds. The number of nitrogens with one attached hydrogen (secondary N) is 1. The van der Waals surface area contributed by atoms with Gasteiger partial charge in [0.05, 0.1) is 26.3 Å². The summed E-state index contributed by atoms with van der Waals surface area (Å²) in [6.45, 7) is 4.03. The zero-order valence-electron chi connectivity index (χ0n) is 14.8. The Morgan fingerprint density at radius 1 is 1.16 bits per heavy atom. The number of aromatic amines is 1. The Morgan fingerprint density at radius 3 is 2.56 bits per heavy atom. The third-order valence-electron chi connectivity index (χ3n) is 4.36. The maximum absolute atomic E-state index is 11.5. The zero-order chi connectivity index (χ0) is 18.1. The van der Waals surface area contributed by atoms with Crippen molar-refractivity contribution in [3.05, 3.63) is 47.0 Å². The molecule has 5 heteroatoms. The summed E-state index contributed by atoms with van der Waals surface area (Å²) in [6.07, 6.45) is -0.0708. The molecule has 0 atom stereocenters. The molecule has 1 aromatic heterocycles. The number of methoxy groups -OCH3 is 2. The van der Waals surface area contributed by atoms with E-state index in [2.05, 4.69) is 11.1 Å². The second-order valence-electron chi connectivity index (χ2n) is 6.09. The van der Waals surface area contributed by atoms with E-state index >= 15 is 0 Å². The highest BCUT2D eigenvalue weighted by molar-refractivity contribution is 5.97. The molecule has 0 aliphatic rings. The second kappa shape index (κ2) is 6.51. The Bertz CT molecular complexity index is 956. The van der Waals surface area contributed by atoms with E-state index in [1.165, 1.54) is 0 Å². The number of para-hydroxylation sites is 1. The summed E-state index contributed by atoms with van der Waals surface area (Å²) in [5, 5.41) is 10.3. The van der Waals surface area contributed by atoms with Gasteiger partial charge in [-0.2, -0.15) is 0 Å². The average Bonchev–Trinajstić information content (AvgIpc) is 2.92. The van der Waals surface area contributed by atoms with Gasteiger partial charge in [-0.25, -0.2) is 0 Å². The van der Waals surface area contributed by atoms with Crippen molar-refractivity contribution < 1.29 is 19.4 Å². The fourth-order valence-electron chi connectivity index (χ4n) is 3.36. The third kappa shape index (κ3) is 2.93. The van der Waals surface area contributed by atoms with E-state index in [0.717, 1.165) is 38.9 Å². The molecule has 0 saturated heterocycles. The van der Waals surface area contributed by atoms with Crippen LogP contribution in [0.1, 0.15) is 16.7 Å². The molecule has 2 aromatic carbocycles. The lowest BCUT2D eigenvalue weighted by molar-refractivity contribution is -0.136. The molecule has 3 rings (SSSR count). The zero-order valence-corrected chi connectivity index (χ0v) is 14.8. The predicted octanol–water partition coefficient (Wildman–Crippen LogP) is 4.10. The molecule has 5 nitrogen and oxygen atoms in total. The summed E-state index contributed by atoms with van der Waals surface area (Å²) in [4.78, 5) is 14.9. The van der Waals surface area contributed by atoms with E-state index in [1.54, 1.807) is 14.2 Å². The summed E-state index contributed by atoms with van der Waals surface area (Å²) in [7, 11) is 3.16. The van der Waals surface area contributed by atoms with Gasteiger partial charge in [0.25, 0.3) is 0 Å². The normalized spacial score (nSPS) is 10.9. The quantitative estimate of drug-likeness (QED) is 0.734. The van der Waals surface area contributed by atoms with Crippen LogP contribution in [0.5, 0.6) is 11.5 Å². The van der Waals surface area contributed by atoms with Crippen LogP contribution in [-0.4, -0.2) is 30.3 Å². The van der Waals surface area contributed by atoms with Crippen LogP contribution in [0.3, 0.4) is 0 Å². The minimum absolute atomic E-state index is 0.0708. The molecule has 0 radical (unpaired) electrons. The van der Waals surface area contributed by atoms with Gasteiger partial charge in [0, 0.05) is 16.5 Å². The fourth-order valence-corrected chi connectivity index (χ4v) is 3.36. The molecule has 0 aliphatic heterocycles. The molecular formula is C20H21NO4. The number of rotatable bonds is 5. The molecule has 0 spiro atoms. The van der Waals surface area contributed by atoms with Gasteiger partial charge in [0.15, 0.2) is 11.5 Å². The molecule has 1 heterocycles. The van der Waals surface area contributed by atoms with Gasteiger partial charge in [-0.1, -0.05) is 17.7 Å².